The zero-order chi connectivity index (χ0) is 25.7. The van der Waals surface area contributed by atoms with E-state index in [9.17, 15) is 19.1 Å². The molecule has 0 aliphatic carbocycles. The smallest absolute Gasteiger partial charge is 0.408 e. The second-order valence-electron chi connectivity index (χ2n) is 8.95. The van der Waals surface area contributed by atoms with Crippen molar-refractivity contribution in [3.63, 3.8) is 0 Å². The van der Waals surface area contributed by atoms with Crippen LogP contribution in [-0.2, 0) is 24.9 Å². The summed E-state index contributed by atoms with van der Waals surface area (Å²) in [6.07, 6.45) is 0.216. The van der Waals surface area contributed by atoms with Crippen LogP contribution in [-0.4, -0.2) is 31.9 Å². The van der Waals surface area contributed by atoms with Gasteiger partial charge in [0.2, 0.25) is 0 Å². The number of nitrogens with one attached hydrogen (secondary N) is 1. The Morgan fingerprint density at radius 1 is 1.14 bits per heavy atom. The second-order valence-corrected chi connectivity index (χ2v) is 8.95. The lowest BCUT2D eigenvalue weighted by molar-refractivity contribution is 0.0975. The van der Waals surface area contributed by atoms with Crippen LogP contribution >= 0.6 is 0 Å². The largest absolute Gasteiger partial charge is 0.465 e. The predicted molar refractivity (Wildman–Crippen MR) is 127 cm³/mol. The highest BCUT2D eigenvalue weighted by molar-refractivity contribution is 5.88. The molecule has 8 nitrogen and oxygen atoms in total. The molecule has 0 saturated heterocycles. The van der Waals surface area contributed by atoms with E-state index in [0.29, 0.717) is 24.1 Å². The van der Waals surface area contributed by atoms with Gasteiger partial charge in [-0.15, -0.1) is 0 Å². The molecule has 0 spiro atoms. The number of carbonyl (C=O) groups is 2. The summed E-state index contributed by atoms with van der Waals surface area (Å²) in [6, 6.07) is 6.67. The highest BCUT2D eigenvalue weighted by Gasteiger charge is 2.46. The molecule has 1 aliphatic rings. The van der Waals surface area contributed by atoms with E-state index in [1.165, 1.54) is 4.90 Å². The van der Waals surface area contributed by atoms with E-state index < -0.39 is 35.0 Å². The van der Waals surface area contributed by atoms with Crippen LogP contribution in [0.15, 0.2) is 30.3 Å². The third kappa shape index (κ3) is 3.88. The molecule has 0 radical (unpaired) electrons. The zero-order valence-electron chi connectivity index (χ0n) is 19.9. The number of para-hydroxylation sites is 1. The van der Waals surface area contributed by atoms with Crippen molar-refractivity contribution in [2.45, 2.75) is 52.6 Å². The van der Waals surface area contributed by atoms with Gasteiger partial charge in [0.25, 0.3) is 0 Å². The molecule has 1 aromatic heterocycles. The zero-order valence-corrected chi connectivity index (χ0v) is 19.9. The third-order valence-electron chi connectivity index (χ3n) is 6.53. The molecule has 0 atom stereocenters. The molecule has 4 N–H and O–H groups in total. The van der Waals surface area contributed by atoms with Crippen LogP contribution in [0, 0.1) is 11.6 Å². The highest BCUT2D eigenvalue weighted by atomic mass is 19.1. The summed E-state index contributed by atoms with van der Waals surface area (Å²) in [5.41, 5.74) is 7.54. The van der Waals surface area contributed by atoms with Gasteiger partial charge < -0.3 is 16.2 Å². The minimum absolute atomic E-state index is 0.0366. The Kier molecular flexibility index (Phi) is 6.00. The Labute approximate surface area is 201 Å². The van der Waals surface area contributed by atoms with Crippen molar-refractivity contribution in [1.82, 2.24) is 14.7 Å². The summed E-state index contributed by atoms with van der Waals surface area (Å²) >= 11 is 0. The Bertz CT molecular complexity index is 1330. The number of nitrogens with two attached hydrogens (primary N) is 1. The lowest BCUT2D eigenvalue weighted by atomic mass is 9.98. The molecular weight excluding hydrogens is 456 g/mol. The van der Waals surface area contributed by atoms with Gasteiger partial charge in [0, 0.05) is 17.2 Å². The number of hydrogen-bond donors (Lipinski definition) is 3. The number of urea groups is 1. The molecule has 0 unspecified atom stereocenters. The minimum atomic E-state index is -1.14. The molecule has 184 valence electrons. The first-order valence-corrected chi connectivity index (χ1v) is 11.3. The van der Waals surface area contributed by atoms with Gasteiger partial charge in [0.15, 0.2) is 0 Å². The van der Waals surface area contributed by atoms with Crippen molar-refractivity contribution >= 4 is 17.8 Å². The molecule has 2 heterocycles. The first kappa shape index (κ1) is 24.2. The minimum Gasteiger partial charge on any atom is -0.465 e. The summed E-state index contributed by atoms with van der Waals surface area (Å²) in [6.45, 7) is 7.42. The molecule has 0 saturated carbocycles. The molecule has 1 aliphatic heterocycles. The number of nitrogens with zero attached hydrogens (tertiary/aromatic N) is 3. The monoisotopic (exact) mass is 483 g/mol. The van der Waals surface area contributed by atoms with Gasteiger partial charge in [-0.05, 0) is 43.9 Å². The van der Waals surface area contributed by atoms with Crippen LogP contribution in [0.1, 0.15) is 50.1 Å². The fourth-order valence-electron chi connectivity index (χ4n) is 4.76. The summed E-state index contributed by atoms with van der Waals surface area (Å²) < 4.78 is 32.0. The number of aryl methyl sites for hydroxylation is 2. The number of carbonyl (C=O) groups excluding carboxylic acids is 1. The molecule has 4 rings (SSSR count). The summed E-state index contributed by atoms with van der Waals surface area (Å²) in [5.74, 6) is -1.69. The van der Waals surface area contributed by atoms with Gasteiger partial charge in [-0.3, -0.25) is 4.90 Å². The van der Waals surface area contributed by atoms with E-state index in [4.69, 9.17) is 10.8 Å². The Morgan fingerprint density at radius 2 is 1.77 bits per heavy atom. The first-order valence-electron chi connectivity index (χ1n) is 11.3. The number of primary amides is 1. The number of carboxylic acid groups (broad SMARTS) is 1. The number of amides is 3. The standard InChI is InChI=1S/C25H27F2N5O3/c1-5-13-8-7-9-14(6-2)20(13)32-21(15-10-18(27)19(11-17(15)26)29-23(28)33)16-12-31(24(34)35)25(3,4)22(16)30-32/h7-11H,5-6,12H2,1-4H3,(H,34,35)(H3,28,29,33). The molecular formula is C25H27F2N5O3. The van der Waals surface area contributed by atoms with Crippen molar-refractivity contribution < 1.29 is 23.5 Å². The van der Waals surface area contributed by atoms with Crippen molar-refractivity contribution in [3.05, 3.63) is 64.4 Å². The predicted octanol–water partition coefficient (Wildman–Crippen LogP) is 5.16. The van der Waals surface area contributed by atoms with E-state index in [1.54, 1.807) is 18.5 Å². The molecule has 0 bridgehead atoms. The van der Waals surface area contributed by atoms with Gasteiger partial charge in [0.1, 0.15) is 11.6 Å². The Morgan fingerprint density at radius 3 is 2.31 bits per heavy atom. The maximum atomic E-state index is 15.5. The number of anilines is 1. The van der Waals surface area contributed by atoms with E-state index in [-0.39, 0.29) is 17.8 Å². The van der Waals surface area contributed by atoms with Crippen LogP contribution < -0.4 is 11.1 Å². The third-order valence-corrected chi connectivity index (χ3v) is 6.53. The maximum absolute atomic E-state index is 15.5. The molecule has 2 aromatic carbocycles. The highest BCUT2D eigenvalue weighted by Crippen LogP contribution is 2.45. The van der Waals surface area contributed by atoms with Crippen LogP contribution in [0.25, 0.3) is 16.9 Å². The normalized spacial score (nSPS) is 14.2. The van der Waals surface area contributed by atoms with Crippen LogP contribution in [0.4, 0.5) is 24.1 Å². The lowest BCUT2D eigenvalue weighted by Gasteiger charge is -2.29. The average molecular weight is 484 g/mol. The second kappa shape index (κ2) is 8.68. The van der Waals surface area contributed by atoms with Crippen molar-refractivity contribution in [2.75, 3.05) is 5.32 Å². The van der Waals surface area contributed by atoms with E-state index in [0.717, 1.165) is 28.9 Å². The van der Waals surface area contributed by atoms with E-state index in [2.05, 4.69) is 5.32 Å². The van der Waals surface area contributed by atoms with Crippen LogP contribution in [0.5, 0.6) is 0 Å². The van der Waals surface area contributed by atoms with Gasteiger partial charge in [-0.25, -0.2) is 23.1 Å². The van der Waals surface area contributed by atoms with E-state index >= 15 is 4.39 Å². The Balaban J connectivity index is 2.06. The van der Waals surface area contributed by atoms with Crippen molar-refractivity contribution in [1.29, 1.82) is 0 Å². The summed E-state index contributed by atoms with van der Waals surface area (Å²) in [4.78, 5) is 24.4. The van der Waals surface area contributed by atoms with Crippen LogP contribution in [0.3, 0.4) is 0 Å². The lowest BCUT2D eigenvalue weighted by Crippen LogP contribution is -2.40. The number of hydrogen-bond acceptors (Lipinski definition) is 3. The first-order chi connectivity index (χ1) is 16.5. The van der Waals surface area contributed by atoms with Gasteiger partial charge >= 0.3 is 12.1 Å². The fourth-order valence-corrected chi connectivity index (χ4v) is 4.76. The van der Waals surface area contributed by atoms with Gasteiger partial charge in [-0.2, -0.15) is 5.10 Å². The SMILES string of the molecule is CCc1cccc(CC)c1-n1nc2c(c1-c1cc(F)c(NC(N)=O)cc1F)CN(C(=O)O)C2(C)C. The maximum Gasteiger partial charge on any atom is 0.408 e. The van der Waals surface area contributed by atoms with E-state index in [1.807, 2.05) is 32.0 Å². The quantitative estimate of drug-likeness (QED) is 0.465. The van der Waals surface area contributed by atoms with Gasteiger partial charge in [0.05, 0.1) is 34.8 Å². The van der Waals surface area contributed by atoms with Crippen molar-refractivity contribution in [3.8, 4) is 16.9 Å². The molecule has 3 aromatic rings. The number of benzene rings is 2. The topological polar surface area (TPSA) is 113 Å². The number of rotatable bonds is 5. The van der Waals surface area contributed by atoms with Gasteiger partial charge in [-0.1, -0.05) is 32.0 Å². The van der Waals surface area contributed by atoms with Crippen LogP contribution in [0.2, 0.25) is 0 Å². The molecule has 0 fully saturated rings. The molecule has 10 heteroatoms. The number of aromatic nitrogens is 2. The fraction of sp³-hybridized carbons (Fsp3) is 0.320. The number of halogens is 2. The Hall–Kier alpha value is -3.95. The van der Waals surface area contributed by atoms with Crippen molar-refractivity contribution in [2.24, 2.45) is 5.73 Å². The molecule has 35 heavy (non-hydrogen) atoms. The summed E-state index contributed by atoms with van der Waals surface area (Å²) in [7, 11) is 0. The summed E-state index contributed by atoms with van der Waals surface area (Å²) in [5, 5.41) is 16.7. The molecule has 3 amide bonds. The average Bonchev–Trinajstić information content (AvgIpc) is 3.29. The number of fused-ring (bicyclic) bond motifs is 1.